The number of β-amino-alcohol motifs (C(OH)–C–C–N with tert-alkyl or cyclic N) is 1. The molecule has 1 aliphatic heterocycles. The van der Waals surface area contributed by atoms with Gasteiger partial charge in [0.15, 0.2) is 0 Å². The van der Waals surface area contributed by atoms with Gasteiger partial charge < -0.3 is 15.7 Å². The van der Waals surface area contributed by atoms with E-state index in [4.69, 9.17) is 5.73 Å². The lowest BCUT2D eigenvalue weighted by Gasteiger charge is -2.46. The van der Waals surface area contributed by atoms with Gasteiger partial charge in [-0.3, -0.25) is 4.79 Å². The summed E-state index contributed by atoms with van der Waals surface area (Å²) in [5, 5.41) is 9.81. The highest BCUT2D eigenvalue weighted by Crippen LogP contribution is 2.26. The summed E-state index contributed by atoms with van der Waals surface area (Å²) in [6.07, 6.45) is 0.613. The van der Waals surface area contributed by atoms with Crippen LogP contribution < -0.4 is 5.73 Å². The second-order valence-electron chi connectivity index (χ2n) is 4.48. The van der Waals surface area contributed by atoms with Gasteiger partial charge in [-0.2, -0.15) is 0 Å². The van der Waals surface area contributed by atoms with Crippen molar-refractivity contribution in [2.45, 2.75) is 18.9 Å². The van der Waals surface area contributed by atoms with Gasteiger partial charge in [-0.15, -0.1) is 0 Å². The zero-order valence-corrected chi connectivity index (χ0v) is 9.61. The Morgan fingerprint density at radius 2 is 2.24 bits per heavy atom. The van der Waals surface area contributed by atoms with Gasteiger partial charge in [0.25, 0.3) is 5.91 Å². The Morgan fingerprint density at radius 1 is 1.59 bits per heavy atom. The fourth-order valence-electron chi connectivity index (χ4n) is 1.89. The molecule has 1 aromatic carbocycles. The molecule has 1 aliphatic rings. The average Bonchev–Trinajstić information content (AvgIpc) is 2.27. The molecule has 0 atom stereocenters. The number of benzene rings is 1. The first kappa shape index (κ1) is 11.9. The van der Waals surface area contributed by atoms with Crippen molar-refractivity contribution in [1.29, 1.82) is 0 Å². The van der Waals surface area contributed by atoms with Gasteiger partial charge in [-0.25, -0.2) is 4.39 Å². The zero-order chi connectivity index (χ0) is 12.6. The number of anilines is 1. The van der Waals surface area contributed by atoms with Gasteiger partial charge in [-0.05, 0) is 24.6 Å². The summed E-state index contributed by atoms with van der Waals surface area (Å²) in [6, 6.07) is 3.90. The Balaban J connectivity index is 2.09. The number of hydrogen-bond acceptors (Lipinski definition) is 3. The molecule has 92 valence electrons. The van der Waals surface area contributed by atoms with Gasteiger partial charge in [0.05, 0.1) is 24.4 Å². The van der Waals surface area contributed by atoms with Crippen LogP contribution in [0.1, 0.15) is 23.7 Å². The molecule has 4 nitrogen and oxygen atoms in total. The van der Waals surface area contributed by atoms with E-state index in [0.717, 1.165) is 0 Å². The lowest BCUT2D eigenvalue weighted by atomic mass is 9.90. The Labute approximate surface area is 98.8 Å². The number of nitrogens with two attached hydrogens (primary N) is 1. The fraction of sp³-hybridized carbons (Fsp3) is 0.417. The number of carbonyl (C=O) groups is 1. The largest absolute Gasteiger partial charge is 0.396 e. The maximum absolute atomic E-state index is 12.9. The summed E-state index contributed by atoms with van der Waals surface area (Å²) in [4.78, 5) is 13.5. The molecule has 1 heterocycles. The lowest BCUT2D eigenvalue weighted by Crippen LogP contribution is -2.63. The van der Waals surface area contributed by atoms with Gasteiger partial charge in [0.2, 0.25) is 0 Å². The molecule has 1 aromatic rings. The number of amides is 1. The van der Waals surface area contributed by atoms with Gasteiger partial charge in [-0.1, -0.05) is 6.92 Å². The van der Waals surface area contributed by atoms with Crippen molar-refractivity contribution in [3.05, 3.63) is 29.6 Å². The third-order valence-corrected chi connectivity index (χ3v) is 3.16. The van der Waals surface area contributed by atoms with E-state index in [0.29, 0.717) is 25.1 Å². The summed E-state index contributed by atoms with van der Waals surface area (Å²) in [5.41, 5.74) is 4.95. The minimum absolute atomic E-state index is 0.0397. The molecule has 0 bridgehead atoms. The number of nitrogens with zero attached hydrogens (tertiary/aromatic N) is 1. The molecule has 0 unspecified atom stereocenters. The van der Waals surface area contributed by atoms with Crippen molar-refractivity contribution in [1.82, 2.24) is 4.90 Å². The first-order valence-corrected chi connectivity index (χ1v) is 5.52. The van der Waals surface area contributed by atoms with Crippen LogP contribution in [0.2, 0.25) is 0 Å². The highest BCUT2D eigenvalue weighted by molar-refractivity contribution is 5.95. The van der Waals surface area contributed by atoms with Crippen molar-refractivity contribution in [3.8, 4) is 0 Å². The second-order valence-corrected chi connectivity index (χ2v) is 4.48. The predicted molar refractivity (Wildman–Crippen MR) is 62.0 cm³/mol. The molecule has 0 radical (unpaired) electrons. The van der Waals surface area contributed by atoms with Crippen molar-refractivity contribution in [2.75, 3.05) is 18.8 Å². The molecular weight excluding hydrogens is 223 g/mol. The first-order valence-electron chi connectivity index (χ1n) is 5.52. The highest BCUT2D eigenvalue weighted by Gasteiger charge is 2.42. The van der Waals surface area contributed by atoms with Crippen LogP contribution in [0.5, 0.6) is 0 Å². The molecule has 5 heteroatoms. The van der Waals surface area contributed by atoms with Crippen LogP contribution in [0.15, 0.2) is 18.2 Å². The van der Waals surface area contributed by atoms with E-state index in [1.54, 1.807) is 0 Å². The summed E-state index contributed by atoms with van der Waals surface area (Å²) in [6.45, 7) is 2.51. The summed E-state index contributed by atoms with van der Waals surface area (Å²) < 4.78 is 12.9. The quantitative estimate of drug-likeness (QED) is 0.755. The summed E-state index contributed by atoms with van der Waals surface area (Å²) >= 11 is 0. The summed E-state index contributed by atoms with van der Waals surface area (Å²) in [7, 11) is 0. The van der Waals surface area contributed by atoms with Crippen LogP contribution in [0.25, 0.3) is 0 Å². The van der Waals surface area contributed by atoms with E-state index in [9.17, 15) is 14.3 Å². The van der Waals surface area contributed by atoms with E-state index in [1.807, 2.05) is 6.92 Å². The third-order valence-electron chi connectivity index (χ3n) is 3.16. The number of rotatable bonds is 2. The minimum atomic E-state index is -0.763. The SMILES string of the molecule is CCC1(O)CN(C(=O)c2ccc(F)c(N)c2)C1. The van der Waals surface area contributed by atoms with Gasteiger partial charge >= 0.3 is 0 Å². The third kappa shape index (κ3) is 2.10. The number of hydrogen-bond donors (Lipinski definition) is 2. The van der Waals surface area contributed by atoms with Crippen LogP contribution in [-0.4, -0.2) is 34.6 Å². The van der Waals surface area contributed by atoms with Crippen LogP contribution in [0.3, 0.4) is 0 Å². The Kier molecular flexibility index (Phi) is 2.79. The Morgan fingerprint density at radius 3 is 2.76 bits per heavy atom. The number of likely N-dealkylation sites (tertiary alicyclic amines) is 1. The average molecular weight is 238 g/mol. The van der Waals surface area contributed by atoms with E-state index >= 15 is 0 Å². The molecule has 0 spiro atoms. The monoisotopic (exact) mass is 238 g/mol. The maximum Gasteiger partial charge on any atom is 0.254 e. The molecular formula is C12H15FN2O2. The van der Waals surface area contributed by atoms with Crippen LogP contribution in [-0.2, 0) is 0 Å². The first-order chi connectivity index (χ1) is 7.95. The zero-order valence-electron chi connectivity index (χ0n) is 9.61. The number of halogens is 1. The topological polar surface area (TPSA) is 66.6 Å². The standard InChI is InChI=1S/C12H15FN2O2/c1-2-12(17)6-15(7-12)11(16)8-3-4-9(13)10(14)5-8/h3-5,17H,2,6-7,14H2,1H3. The van der Waals surface area contributed by atoms with Crippen LogP contribution in [0.4, 0.5) is 10.1 Å². The Bertz CT molecular complexity index is 456. The highest BCUT2D eigenvalue weighted by atomic mass is 19.1. The lowest BCUT2D eigenvalue weighted by molar-refractivity contribution is -0.0826. The smallest absolute Gasteiger partial charge is 0.254 e. The predicted octanol–water partition coefficient (Wildman–Crippen LogP) is 1.00. The number of carbonyl (C=O) groups excluding carboxylic acids is 1. The minimum Gasteiger partial charge on any atom is -0.396 e. The molecule has 2 rings (SSSR count). The van der Waals surface area contributed by atoms with Crippen LogP contribution >= 0.6 is 0 Å². The fourth-order valence-corrected chi connectivity index (χ4v) is 1.89. The molecule has 0 aliphatic carbocycles. The normalized spacial score (nSPS) is 17.7. The van der Waals surface area contributed by atoms with Crippen LogP contribution in [0, 0.1) is 5.82 Å². The van der Waals surface area contributed by atoms with Gasteiger partial charge in [0.1, 0.15) is 5.82 Å². The molecule has 3 N–H and O–H groups in total. The van der Waals surface area contributed by atoms with Crippen molar-refractivity contribution >= 4 is 11.6 Å². The molecule has 0 saturated carbocycles. The van der Waals surface area contributed by atoms with Crippen molar-refractivity contribution in [3.63, 3.8) is 0 Å². The van der Waals surface area contributed by atoms with E-state index in [2.05, 4.69) is 0 Å². The number of nitrogen functional groups attached to an aromatic ring is 1. The van der Waals surface area contributed by atoms with E-state index in [1.165, 1.54) is 23.1 Å². The van der Waals surface area contributed by atoms with E-state index in [-0.39, 0.29) is 11.6 Å². The second kappa shape index (κ2) is 4.00. The maximum atomic E-state index is 12.9. The van der Waals surface area contributed by atoms with E-state index < -0.39 is 11.4 Å². The molecule has 1 amide bonds. The molecule has 1 fully saturated rings. The Hall–Kier alpha value is -1.62. The van der Waals surface area contributed by atoms with Crippen molar-refractivity contribution in [2.24, 2.45) is 0 Å². The molecule has 0 aromatic heterocycles. The molecule has 1 saturated heterocycles. The van der Waals surface area contributed by atoms with Gasteiger partial charge in [0, 0.05) is 5.56 Å². The summed E-state index contributed by atoms with van der Waals surface area (Å²) in [5.74, 6) is -0.759. The number of aliphatic hydroxyl groups is 1. The molecule has 17 heavy (non-hydrogen) atoms. The van der Waals surface area contributed by atoms with Crippen molar-refractivity contribution < 1.29 is 14.3 Å².